The minimum atomic E-state index is -4.78. The lowest BCUT2D eigenvalue weighted by Gasteiger charge is -2.09. The van der Waals surface area contributed by atoms with Gasteiger partial charge in [-0.05, 0) is 18.6 Å². The maximum absolute atomic E-state index is 13.8. The number of aromatic nitrogens is 2. The van der Waals surface area contributed by atoms with Gasteiger partial charge in [-0.25, -0.2) is 4.39 Å². The summed E-state index contributed by atoms with van der Waals surface area (Å²) in [5, 5.41) is 7.20. The Balaban J connectivity index is 2.36. The van der Waals surface area contributed by atoms with Crippen molar-refractivity contribution in [1.82, 2.24) is 10.2 Å². The van der Waals surface area contributed by atoms with Crippen molar-refractivity contribution < 1.29 is 22.0 Å². The van der Waals surface area contributed by atoms with Gasteiger partial charge in [-0.2, -0.15) is 13.2 Å². The maximum atomic E-state index is 13.8. The highest BCUT2D eigenvalue weighted by atomic mass is 35.5. The van der Waals surface area contributed by atoms with Gasteiger partial charge in [0.2, 0.25) is 5.89 Å². The largest absolute Gasteiger partial charge is 0.421 e. The van der Waals surface area contributed by atoms with Crippen molar-refractivity contribution in [3.8, 4) is 11.5 Å². The molecule has 0 saturated carbocycles. The van der Waals surface area contributed by atoms with E-state index in [2.05, 4.69) is 10.2 Å². The van der Waals surface area contributed by atoms with Crippen LogP contribution in [0.3, 0.4) is 0 Å². The van der Waals surface area contributed by atoms with Gasteiger partial charge >= 0.3 is 6.18 Å². The molecule has 1 aromatic heterocycles. The van der Waals surface area contributed by atoms with Crippen LogP contribution in [-0.4, -0.2) is 16.1 Å². The Morgan fingerprint density at radius 1 is 1.20 bits per heavy atom. The minimum Gasteiger partial charge on any atom is -0.421 e. The fourth-order valence-corrected chi connectivity index (χ4v) is 1.73. The lowest BCUT2D eigenvalue weighted by molar-refractivity contribution is -0.139. The maximum Gasteiger partial charge on any atom is 0.419 e. The average molecular weight is 309 g/mol. The Labute approximate surface area is 116 Å². The standard InChI is InChI=1S/C12H9ClF4N2O/c13-6-2-5-9-18-19-11(20-9)7-3-1-4-8(10(7)14)12(15,16)17/h1,3-4H,2,5-6H2. The van der Waals surface area contributed by atoms with Gasteiger partial charge in [0.1, 0.15) is 5.82 Å². The lowest BCUT2D eigenvalue weighted by atomic mass is 10.1. The molecule has 8 heteroatoms. The van der Waals surface area contributed by atoms with Gasteiger partial charge in [-0.1, -0.05) is 6.07 Å². The van der Waals surface area contributed by atoms with E-state index >= 15 is 0 Å². The molecule has 0 saturated heterocycles. The third-order valence-electron chi connectivity index (χ3n) is 2.53. The summed E-state index contributed by atoms with van der Waals surface area (Å²) in [7, 11) is 0. The number of alkyl halides is 4. The Morgan fingerprint density at radius 2 is 1.95 bits per heavy atom. The van der Waals surface area contributed by atoms with Crippen molar-refractivity contribution in [2.75, 3.05) is 5.88 Å². The second-order valence-corrected chi connectivity index (χ2v) is 4.34. The topological polar surface area (TPSA) is 38.9 Å². The summed E-state index contributed by atoms with van der Waals surface area (Å²) in [6, 6.07) is 2.90. The van der Waals surface area contributed by atoms with Gasteiger partial charge in [0.25, 0.3) is 5.89 Å². The first kappa shape index (κ1) is 14.8. The molecular weight excluding hydrogens is 300 g/mol. The minimum absolute atomic E-state index is 0.206. The Kier molecular flexibility index (Phi) is 4.27. The number of hydrogen-bond donors (Lipinski definition) is 0. The molecule has 0 aliphatic carbocycles. The molecule has 0 aliphatic heterocycles. The molecule has 0 spiro atoms. The zero-order valence-electron chi connectivity index (χ0n) is 10.0. The van der Waals surface area contributed by atoms with Crippen LogP contribution in [0.25, 0.3) is 11.5 Å². The first-order valence-corrected chi connectivity index (χ1v) is 6.21. The Morgan fingerprint density at radius 3 is 2.60 bits per heavy atom. The van der Waals surface area contributed by atoms with Crippen LogP contribution in [-0.2, 0) is 12.6 Å². The van der Waals surface area contributed by atoms with E-state index in [1.807, 2.05) is 0 Å². The van der Waals surface area contributed by atoms with Gasteiger partial charge < -0.3 is 4.42 Å². The third-order valence-corrected chi connectivity index (χ3v) is 2.79. The summed E-state index contributed by atoms with van der Waals surface area (Å²) in [4.78, 5) is 0. The number of benzene rings is 1. The van der Waals surface area contributed by atoms with Crippen molar-refractivity contribution in [3.63, 3.8) is 0 Å². The molecule has 1 aromatic carbocycles. The van der Waals surface area contributed by atoms with E-state index in [1.165, 1.54) is 0 Å². The lowest BCUT2D eigenvalue weighted by Crippen LogP contribution is -2.08. The molecule has 0 radical (unpaired) electrons. The van der Waals surface area contributed by atoms with E-state index in [-0.39, 0.29) is 17.3 Å². The van der Waals surface area contributed by atoms with Crippen LogP contribution in [0.2, 0.25) is 0 Å². The molecule has 2 aromatic rings. The van der Waals surface area contributed by atoms with Gasteiger partial charge in [-0.15, -0.1) is 21.8 Å². The quantitative estimate of drug-likeness (QED) is 0.631. The van der Waals surface area contributed by atoms with E-state index in [0.29, 0.717) is 24.8 Å². The second-order valence-electron chi connectivity index (χ2n) is 3.96. The molecule has 0 atom stereocenters. The molecule has 0 bridgehead atoms. The van der Waals surface area contributed by atoms with Gasteiger partial charge in [0.15, 0.2) is 0 Å². The number of nitrogens with zero attached hydrogens (tertiary/aromatic N) is 2. The third kappa shape index (κ3) is 3.09. The van der Waals surface area contributed by atoms with Crippen LogP contribution in [0, 0.1) is 5.82 Å². The van der Waals surface area contributed by atoms with Gasteiger partial charge in [0.05, 0.1) is 11.1 Å². The average Bonchev–Trinajstić information content (AvgIpc) is 2.83. The van der Waals surface area contributed by atoms with E-state index in [4.69, 9.17) is 16.0 Å². The van der Waals surface area contributed by atoms with Crippen LogP contribution in [0.4, 0.5) is 17.6 Å². The number of halogens is 5. The highest BCUT2D eigenvalue weighted by Gasteiger charge is 2.35. The van der Waals surface area contributed by atoms with Crippen molar-refractivity contribution in [3.05, 3.63) is 35.5 Å². The van der Waals surface area contributed by atoms with Crippen LogP contribution < -0.4 is 0 Å². The van der Waals surface area contributed by atoms with Crippen molar-refractivity contribution >= 4 is 11.6 Å². The van der Waals surface area contributed by atoms with Crippen LogP contribution in [0.1, 0.15) is 17.9 Å². The van der Waals surface area contributed by atoms with E-state index in [9.17, 15) is 17.6 Å². The van der Waals surface area contributed by atoms with Crippen LogP contribution >= 0.6 is 11.6 Å². The Hall–Kier alpha value is -1.63. The SMILES string of the molecule is Fc1c(-c2nnc(CCCCl)o2)cccc1C(F)(F)F. The Bertz CT molecular complexity index is 597. The van der Waals surface area contributed by atoms with E-state index in [1.54, 1.807) is 0 Å². The smallest absolute Gasteiger partial charge is 0.419 e. The normalized spacial score (nSPS) is 11.8. The first-order valence-electron chi connectivity index (χ1n) is 5.68. The van der Waals surface area contributed by atoms with Crippen LogP contribution in [0.15, 0.2) is 22.6 Å². The van der Waals surface area contributed by atoms with Crippen molar-refractivity contribution in [2.45, 2.75) is 19.0 Å². The summed E-state index contributed by atoms with van der Waals surface area (Å²) >= 11 is 5.50. The summed E-state index contributed by atoms with van der Waals surface area (Å²) < 4.78 is 56.8. The van der Waals surface area contributed by atoms with E-state index < -0.39 is 17.6 Å². The molecule has 3 nitrogen and oxygen atoms in total. The van der Waals surface area contributed by atoms with Crippen molar-refractivity contribution in [1.29, 1.82) is 0 Å². The summed E-state index contributed by atoms with van der Waals surface area (Å²) in [6.45, 7) is 0. The second kappa shape index (κ2) is 5.78. The van der Waals surface area contributed by atoms with E-state index in [0.717, 1.165) is 12.1 Å². The number of hydrogen-bond acceptors (Lipinski definition) is 3. The van der Waals surface area contributed by atoms with Crippen molar-refractivity contribution in [2.24, 2.45) is 0 Å². The predicted octanol–water partition coefficient (Wildman–Crippen LogP) is 4.07. The van der Waals surface area contributed by atoms with Gasteiger partial charge in [-0.3, -0.25) is 0 Å². The monoisotopic (exact) mass is 308 g/mol. The molecule has 0 N–H and O–H groups in total. The summed E-state index contributed by atoms with van der Waals surface area (Å²) in [5.41, 5.74) is -1.74. The predicted molar refractivity (Wildman–Crippen MR) is 63.7 cm³/mol. The highest BCUT2D eigenvalue weighted by molar-refractivity contribution is 6.17. The number of aryl methyl sites for hydroxylation is 1. The highest BCUT2D eigenvalue weighted by Crippen LogP contribution is 2.35. The van der Waals surface area contributed by atoms with Crippen LogP contribution in [0.5, 0.6) is 0 Å². The molecule has 0 aliphatic rings. The first-order chi connectivity index (χ1) is 9.43. The molecular formula is C12H9ClF4N2O. The van der Waals surface area contributed by atoms with Gasteiger partial charge in [0, 0.05) is 12.3 Å². The molecule has 0 amide bonds. The molecule has 108 valence electrons. The molecule has 0 fully saturated rings. The number of rotatable bonds is 4. The fraction of sp³-hybridized carbons (Fsp3) is 0.333. The molecule has 0 unspecified atom stereocenters. The zero-order chi connectivity index (χ0) is 14.8. The summed E-state index contributed by atoms with van der Waals surface area (Å²) in [6.07, 6.45) is -3.81. The zero-order valence-corrected chi connectivity index (χ0v) is 10.8. The fourth-order valence-electron chi connectivity index (χ4n) is 1.60. The molecule has 20 heavy (non-hydrogen) atoms. The summed E-state index contributed by atoms with van der Waals surface area (Å²) in [5.74, 6) is -1.11. The molecule has 2 rings (SSSR count). The molecule has 1 heterocycles.